The fourth-order valence-electron chi connectivity index (χ4n) is 3.87. The Hall–Kier alpha value is -3.10. The first-order valence-corrected chi connectivity index (χ1v) is 10.9. The molecule has 4 rings (SSSR count). The van der Waals surface area contributed by atoms with Crippen LogP contribution in [0.2, 0.25) is 0 Å². The van der Waals surface area contributed by atoms with Crippen LogP contribution in [-0.2, 0) is 6.54 Å². The maximum absolute atomic E-state index is 13.0. The first kappa shape index (κ1) is 24.5. The topological polar surface area (TPSA) is 70.6 Å². The fraction of sp³-hybridized carbons (Fsp3) is 0.320. The van der Waals surface area contributed by atoms with Crippen molar-refractivity contribution in [1.29, 1.82) is 0 Å². The van der Waals surface area contributed by atoms with Crippen LogP contribution in [0.4, 0.5) is 5.82 Å². The predicted octanol–water partition coefficient (Wildman–Crippen LogP) is 3.41. The number of rotatable bonds is 8. The third-order valence-electron chi connectivity index (χ3n) is 5.68. The molecule has 1 atom stereocenters. The number of ether oxygens (including phenoxy) is 1. The van der Waals surface area contributed by atoms with Crippen molar-refractivity contribution in [3.8, 4) is 5.75 Å². The van der Waals surface area contributed by atoms with Gasteiger partial charge < -0.3 is 19.9 Å². The number of carbonyl (C=O) groups excluding carboxylic acids is 1. The molecule has 1 aliphatic rings. The second kappa shape index (κ2) is 11.7. The molecule has 1 N–H and O–H groups in total. The monoisotopic (exact) mass is 465 g/mol. The van der Waals surface area contributed by atoms with Crippen molar-refractivity contribution in [2.45, 2.75) is 19.1 Å². The molecule has 2 aromatic carbocycles. The van der Waals surface area contributed by atoms with E-state index in [9.17, 15) is 4.79 Å². The van der Waals surface area contributed by atoms with Crippen molar-refractivity contribution >= 4 is 25.2 Å². The summed E-state index contributed by atoms with van der Waals surface area (Å²) in [4.78, 5) is 25.2. The van der Waals surface area contributed by atoms with Gasteiger partial charge in [-0.15, -0.1) is 0 Å². The van der Waals surface area contributed by atoms with E-state index in [1.54, 1.807) is 6.20 Å². The molecular formula is C25H31N5O2S. The summed E-state index contributed by atoms with van der Waals surface area (Å²) in [6, 6.07) is 18.3. The van der Waals surface area contributed by atoms with E-state index in [0.717, 1.165) is 36.4 Å². The number of nitrogens with zero attached hydrogens (tertiary/aromatic N) is 4. The van der Waals surface area contributed by atoms with Crippen LogP contribution < -0.4 is 15.0 Å². The van der Waals surface area contributed by atoms with Crippen LogP contribution in [0, 0.1) is 0 Å². The third kappa shape index (κ3) is 6.03. The van der Waals surface area contributed by atoms with Gasteiger partial charge in [0.25, 0.3) is 5.91 Å². The van der Waals surface area contributed by atoms with Gasteiger partial charge in [0.1, 0.15) is 29.6 Å². The highest BCUT2D eigenvalue weighted by atomic mass is 32.1. The molecule has 8 heteroatoms. The highest BCUT2D eigenvalue weighted by Crippen LogP contribution is 2.26. The minimum Gasteiger partial charge on any atom is -0.486 e. The van der Waals surface area contributed by atoms with Gasteiger partial charge in [-0.2, -0.15) is 13.5 Å². The van der Waals surface area contributed by atoms with Gasteiger partial charge in [-0.25, -0.2) is 9.97 Å². The Balaban J connectivity index is 0.00000306. The summed E-state index contributed by atoms with van der Waals surface area (Å²) < 4.78 is 6.31. The maximum atomic E-state index is 13.0. The van der Waals surface area contributed by atoms with Crippen LogP contribution in [-0.4, -0.2) is 54.5 Å². The molecule has 0 unspecified atom stereocenters. The van der Waals surface area contributed by atoms with Crippen LogP contribution in [0.15, 0.2) is 67.1 Å². The smallest absolute Gasteiger partial charge is 0.259 e. The molecule has 0 fully saturated rings. The Kier molecular flexibility index (Phi) is 8.68. The molecule has 0 aliphatic carbocycles. The second-order valence-electron chi connectivity index (χ2n) is 7.96. The summed E-state index contributed by atoms with van der Waals surface area (Å²) in [5.74, 6) is 1.46. The average Bonchev–Trinajstić information content (AvgIpc) is 2.96. The molecule has 3 aromatic rings. The second-order valence-corrected chi connectivity index (χ2v) is 7.96. The number of anilines is 1. The van der Waals surface area contributed by atoms with Crippen LogP contribution in [0.3, 0.4) is 0 Å². The fourth-order valence-corrected chi connectivity index (χ4v) is 3.87. The first-order chi connectivity index (χ1) is 15.7. The van der Waals surface area contributed by atoms with Crippen LogP contribution >= 0.6 is 13.5 Å². The van der Waals surface area contributed by atoms with E-state index < -0.39 is 0 Å². The predicted molar refractivity (Wildman–Crippen MR) is 135 cm³/mol. The molecule has 1 aliphatic heterocycles. The first-order valence-electron chi connectivity index (χ1n) is 10.9. The number of nitrogens with one attached hydrogen (secondary N) is 1. The molecule has 33 heavy (non-hydrogen) atoms. The average molecular weight is 466 g/mol. The Morgan fingerprint density at radius 2 is 1.85 bits per heavy atom. The van der Waals surface area contributed by atoms with Crippen molar-refractivity contribution < 1.29 is 9.53 Å². The largest absolute Gasteiger partial charge is 0.486 e. The van der Waals surface area contributed by atoms with Gasteiger partial charge in [-0.1, -0.05) is 42.5 Å². The quantitative estimate of drug-likeness (QED) is 0.550. The summed E-state index contributed by atoms with van der Waals surface area (Å²) in [5.41, 5.74) is 2.76. The van der Waals surface area contributed by atoms with Gasteiger partial charge in [0.2, 0.25) is 0 Å². The maximum Gasteiger partial charge on any atom is 0.259 e. The number of amides is 1. The number of hydrogen-bond acceptors (Lipinski definition) is 6. The lowest BCUT2D eigenvalue weighted by Gasteiger charge is -2.22. The summed E-state index contributed by atoms with van der Waals surface area (Å²) >= 11 is 0. The molecule has 0 spiro atoms. The van der Waals surface area contributed by atoms with Gasteiger partial charge in [0.05, 0.1) is 0 Å². The molecule has 2 heterocycles. The van der Waals surface area contributed by atoms with Crippen molar-refractivity contribution in [3.63, 3.8) is 0 Å². The third-order valence-corrected chi connectivity index (χ3v) is 5.68. The zero-order valence-corrected chi connectivity index (χ0v) is 20.1. The van der Waals surface area contributed by atoms with Crippen molar-refractivity contribution in [2.75, 3.05) is 38.6 Å². The van der Waals surface area contributed by atoms with E-state index in [4.69, 9.17) is 4.74 Å². The molecule has 174 valence electrons. The van der Waals surface area contributed by atoms with Crippen molar-refractivity contribution in [2.24, 2.45) is 0 Å². The molecule has 0 saturated heterocycles. The summed E-state index contributed by atoms with van der Waals surface area (Å²) in [6.07, 6.45) is 3.94. The normalized spacial score (nSPS) is 14.2. The zero-order valence-electron chi connectivity index (χ0n) is 19.1. The molecule has 0 radical (unpaired) electrons. The molecule has 1 amide bonds. The molecule has 1 aromatic heterocycles. The Labute approximate surface area is 202 Å². The molecular weight excluding hydrogens is 434 g/mol. The van der Waals surface area contributed by atoms with E-state index in [1.165, 1.54) is 6.33 Å². The highest BCUT2D eigenvalue weighted by molar-refractivity contribution is 7.59. The summed E-state index contributed by atoms with van der Waals surface area (Å²) in [5, 5.41) is 3.20. The number of likely N-dealkylation sites (N-methyl/N-ethyl adjacent to an activating group) is 1. The van der Waals surface area contributed by atoms with E-state index in [2.05, 4.69) is 27.4 Å². The van der Waals surface area contributed by atoms with Gasteiger partial charge in [-0.3, -0.25) is 4.79 Å². The number of aromatic nitrogens is 2. The zero-order chi connectivity index (χ0) is 22.3. The number of benzene rings is 2. The summed E-state index contributed by atoms with van der Waals surface area (Å²) in [6.45, 7) is 2.75. The number of carbonyl (C=O) groups is 1. The van der Waals surface area contributed by atoms with Crippen LogP contribution in [0.1, 0.15) is 34.0 Å². The van der Waals surface area contributed by atoms with E-state index in [0.29, 0.717) is 24.5 Å². The highest BCUT2D eigenvalue weighted by Gasteiger charge is 2.26. The lowest BCUT2D eigenvalue weighted by Crippen LogP contribution is -2.33. The van der Waals surface area contributed by atoms with Gasteiger partial charge in [0.15, 0.2) is 0 Å². The SMILES string of the molecule is CNCC[C@H](Oc1ccc(CN2CCN(C)c3ncncc3C2=O)cc1)c1ccccc1.S. The molecule has 0 bridgehead atoms. The Bertz CT molecular complexity index is 1030. The molecule has 7 nitrogen and oxygen atoms in total. The van der Waals surface area contributed by atoms with Crippen molar-refractivity contribution in [1.82, 2.24) is 20.2 Å². The Morgan fingerprint density at radius 1 is 1.09 bits per heavy atom. The van der Waals surface area contributed by atoms with Crippen LogP contribution in [0.25, 0.3) is 0 Å². The van der Waals surface area contributed by atoms with E-state index in [1.807, 2.05) is 66.4 Å². The van der Waals surface area contributed by atoms with E-state index >= 15 is 0 Å². The standard InChI is InChI=1S/C25H29N5O2.H2S/c1-26-13-12-23(20-6-4-3-5-7-20)32-21-10-8-19(9-11-21)17-30-15-14-29(2)24-22(25(30)31)16-27-18-28-24;/h3-11,16,18,23,26H,12-15,17H2,1-2H3;1H2/t23-;/m0./s1. The van der Waals surface area contributed by atoms with E-state index in [-0.39, 0.29) is 25.5 Å². The van der Waals surface area contributed by atoms with Gasteiger partial charge in [-0.05, 0) is 36.9 Å². The minimum atomic E-state index is -0.0403. The lowest BCUT2D eigenvalue weighted by atomic mass is 10.1. The van der Waals surface area contributed by atoms with Gasteiger partial charge >= 0.3 is 0 Å². The lowest BCUT2D eigenvalue weighted by molar-refractivity contribution is 0.0754. The van der Waals surface area contributed by atoms with Gasteiger partial charge in [0, 0.05) is 39.3 Å². The van der Waals surface area contributed by atoms with Crippen LogP contribution in [0.5, 0.6) is 5.75 Å². The molecule has 0 saturated carbocycles. The number of hydrogen-bond donors (Lipinski definition) is 1. The number of fused-ring (bicyclic) bond motifs is 1. The van der Waals surface area contributed by atoms with Crippen molar-refractivity contribution in [3.05, 3.63) is 83.8 Å². The Morgan fingerprint density at radius 3 is 2.58 bits per heavy atom. The summed E-state index contributed by atoms with van der Waals surface area (Å²) in [7, 11) is 3.90. The minimum absolute atomic E-state index is 0.